The summed E-state index contributed by atoms with van der Waals surface area (Å²) in [4.78, 5) is 24.8. The van der Waals surface area contributed by atoms with E-state index in [9.17, 15) is 9.59 Å². The standard InChI is InChI=1S/C24H22BrN3O3S/c1-3-31-21-12-7-17(14-20(21)25)23(30)28-24(32)27-19-10-8-18(9-11-19)26-22(29)16-6-4-5-15(2)13-16/h4-14H,3H2,1-2H3,(H,26,29)(H2,27,28,30,32). The molecule has 0 radical (unpaired) electrons. The molecule has 8 heteroatoms. The average Bonchev–Trinajstić information content (AvgIpc) is 2.76. The summed E-state index contributed by atoms with van der Waals surface area (Å²) in [6.45, 7) is 4.36. The Morgan fingerprint density at radius 1 is 0.906 bits per heavy atom. The summed E-state index contributed by atoms with van der Waals surface area (Å²) in [6, 6.07) is 19.5. The molecule has 0 bridgehead atoms. The van der Waals surface area contributed by atoms with Gasteiger partial charge in [0.25, 0.3) is 11.8 Å². The number of rotatable bonds is 6. The monoisotopic (exact) mass is 511 g/mol. The van der Waals surface area contributed by atoms with Crippen LogP contribution in [0.15, 0.2) is 71.2 Å². The zero-order valence-corrected chi connectivity index (χ0v) is 20.0. The van der Waals surface area contributed by atoms with Crippen molar-refractivity contribution >= 4 is 56.4 Å². The molecular formula is C24H22BrN3O3S. The number of carbonyl (C=O) groups excluding carboxylic acids is 2. The average molecular weight is 512 g/mol. The Balaban J connectivity index is 1.55. The number of anilines is 2. The second-order valence-electron chi connectivity index (χ2n) is 6.89. The summed E-state index contributed by atoms with van der Waals surface area (Å²) < 4.78 is 6.14. The molecule has 0 aliphatic carbocycles. The first-order valence-corrected chi connectivity index (χ1v) is 11.1. The lowest BCUT2D eigenvalue weighted by atomic mass is 10.1. The van der Waals surface area contributed by atoms with Crippen LogP contribution in [0.3, 0.4) is 0 Å². The van der Waals surface area contributed by atoms with Gasteiger partial charge in [0.1, 0.15) is 5.75 Å². The van der Waals surface area contributed by atoms with Crippen molar-refractivity contribution in [2.45, 2.75) is 13.8 Å². The highest BCUT2D eigenvalue weighted by molar-refractivity contribution is 9.10. The maximum Gasteiger partial charge on any atom is 0.257 e. The van der Waals surface area contributed by atoms with Crippen molar-refractivity contribution in [3.63, 3.8) is 0 Å². The molecule has 0 saturated carbocycles. The molecule has 2 amide bonds. The number of carbonyl (C=O) groups is 2. The number of hydrogen-bond donors (Lipinski definition) is 3. The highest BCUT2D eigenvalue weighted by atomic mass is 79.9. The van der Waals surface area contributed by atoms with Crippen LogP contribution in [0.1, 0.15) is 33.2 Å². The summed E-state index contributed by atoms with van der Waals surface area (Å²) in [6.07, 6.45) is 0. The van der Waals surface area contributed by atoms with Crippen molar-refractivity contribution in [3.8, 4) is 5.75 Å². The van der Waals surface area contributed by atoms with Crippen LogP contribution in [0, 0.1) is 6.92 Å². The van der Waals surface area contributed by atoms with Gasteiger partial charge in [-0.3, -0.25) is 14.9 Å². The van der Waals surface area contributed by atoms with Gasteiger partial charge in [-0.05, 0) is 96.6 Å². The second kappa shape index (κ2) is 10.9. The molecular weight excluding hydrogens is 490 g/mol. The molecule has 0 unspecified atom stereocenters. The minimum absolute atomic E-state index is 0.163. The van der Waals surface area contributed by atoms with E-state index in [0.717, 1.165) is 5.56 Å². The molecule has 3 aromatic rings. The first-order chi connectivity index (χ1) is 15.4. The van der Waals surface area contributed by atoms with Crippen molar-refractivity contribution in [2.24, 2.45) is 0 Å². The van der Waals surface area contributed by atoms with Crippen molar-refractivity contribution in [1.82, 2.24) is 5.32 Å². The number of thiocarbonyl (C=S) groups is 1. The van der Waals surface area contributed by atoms with E-state index < -0.39 is 0 Å². The van der Waals surface area contributed by atoms with E-state index in [1.807, 2.05) is 32.0 Å². The van der Waals surface area contributed by atoms with Crippen molar-refractivity contribution in [3.05, 3.63) is 87.9 Å². The molecule has 3 aromatic carbocycles. The van der Waals surface area contributed by atoms with Crippen LogP contribution >= 0.6 is 28.1 Å². The first-order valence-electron chi connectivity index (χ1n) is 9.88. The smallest absolute Gasteiger partial charge is 0.257 e. The molecule has 164 valence electrons. The highest BCUT2D eigenvalue weighted by Gasteiger charge is 2.11. The summed E-state index contributed by atoms with van der Waals surface area (Å²) in [5, 5.41) is 8.62. The highest BCUT2D eigenvalue weighted by Crippen LogP contribution is 2.26. The van der Waals surface area contributed by atoms with Gasteiger partial charge in [-0.25, -0.2) is 0 Å². The third-order valence-electron chi connectivity index (χ3n) is 4.40. The van der Waals surface area contributed by atoms with Gasteiger partial charge in [-0.15, -0.1) is 0 Å². The molecule has 0 spiro atoms. The zero-order valence-electron chi connectivity index (χ0n) is 17.6. The molecule has 0 aromatic heterocycles. The number of hydrogen-bond acceptors (Lipinski definition) is 4. The number of ether oxygens (including phenoxy) is 1. The van der Waals surface area contributed by atoms with Crippen LogP contribution in [0.2, 0.25) is 0 Å². The molecule has 0 heterocycles. The molecule has 32 heavy (non-hydrogen) atoms. The van der Waals surface area contributed by atoms with Crippen LogP contribution in [0.25, 0.3) is 0 Å². The lowest BCUT2D eigenvalue weighted by Crippen LogP contribution is -2.34. The van der Waals surface area contributed by atoms with Crippen LogP contribution < -0.4 is 20.7 Å². The fourth-order valence-electron chi connectivity index (χ4n) is 2.88. The second-order valence-corrected chi connectivity index (χ2v) is 8.15. The SMILES string of the molecule is CCOc1ccc(C(=O)NC(=S)Nc2ccc(NC(=O)c3cccc(C)c3)cc2)cc1Br. The first kappa shape index (κ1) is 23.4. The van der Waals surface area contributed by atoms with Gasteiger partial charge in [0, 0.05) is 22.5 Å². The maximum absolute atomic E-state index is 12.5. The van der Waals surface area contributed by atoms with Gasteiger partial charge in [-0.2, -0.15) is 0 Å². The lowest BCUT2D eigenvalue weighted by molar-refractivity contribution is 0.0976. The summed E-state index contributed by atoms with van der Waals surface area (Å²) in [5.74, 6) is 0.145. The Hall–Kier alpha value is -3.23. The molecule has 0 atom stereocenters. The topological polar surface area (TPSA) is 79.5 Å². The van der Waals surface area contributed by atoms with Gasteiger partial charge in [0.05, 0.1) is 11.1 Å². The number of benzene rings is 3. The maximum atomic E-state index is 12.5. The van der Waals surface area contributed by atoms with Crippen LogP contribution in [0.4, 0.5) is 11.4 Å². The van der Waals surface area contributed by atoms with Crippen LogP contribution in [-0.4, -0.2) is 23.5 Å². The molecule has 3 N–H and O–H groups in total. The molecule has 0 saturated heterocycles. The quantitative estimate of drug-likeness (QED) is 0.379. The normalized spacial score (nSPS) is 10.2. The molecule has 0 aliphatic rings. The predicted molar refractivity (Wildman–Crippen MR) is 135 cm³/mol. The third kappa shape index (κ3) is 6.38. The van der Waals surface area contributed by atoms with Crippen molar-refractivity contribution in [2.75, 3.05) is 17.2 Å². The van der Waals surface area contributed by atoms with Crippen LogP contribution in [-0.2, 0) is 0 Å². The van der Waals surface area contributed by atoms with Crippen molar-refractivity contribution in [1.29, 1.82) is 0 Å². The van der Waals surface area contributed by atoms with Gasteiger partial charge >= 0.3 is 0 Å². The van der Waals surface area contributed by atoms with Gasteiger partial charge in [0.15, 0.2) is 5.11 Å². The van der Waals surface area contributed by atoms with Crippen molar-refractivity contribution < 1.29 is 14.3 Å². The summed E-state index contributed by atoms with van der Waals surface area (Å²) in [7, 11) is 0. The molecule has 3 rings (SSSR count). The van der Waals surface area contributed by atoms with E-state index in [-0.39, 0.29) is 16.9 Å². The molecule has 0 fully saturated rings. The fraction of sp³-hybridized carbons (Fsp3) is 0.125. The fourth-order valence-corrected chi connectivity index (χ4v) is 3.58. The number of aryl methyl sites for hydroxylation is 1. The van der Waals surface area contributed by atoms with E-state index in [0.29, 0.717) is 39.3 Å². The predicted octanol–water partition coefficient (Wildman–Crippen LogP) is 5.54. The summed E-state index contributed by atoms with van der Waals surface area (Å²) in [5.41, 5.74) is 3.38. The van der Waals surface area contributed by atoms with E-state index in [4.69, 9.17) is 17.0 Å². The number of halogens is 1. The molecule has 0 aliphatic heterocycles. The Morgan fingerprint density at radius 2 is 1.56 bits per heavy atom. The molecule has 6 nitrogen and oxygen atoms in total. The van der Waals surface area contributed by atoms with Gasteiger partial charge in [-0.1, -0.05) is 17.7 Å². The van der Waals surface area contributed by atoms with E-state index >= 15 is 0 Å². The van der Waals surface area contributed by atoms with E-state index in [1.165, 1.54) is 0 Å². The minimum atomic E-state index is -0.340. The largest absolute Gasteiger partial charge is 0.493 e. The zero-order chi connectivity index (χ0) is 23.1. The third-order valence-corrected chi connectivity index (χ3v) is 5.23. The number of amides is 2. The van der Waals surface area contributed by atoms with Crippen LogP contribution in [0.5, 0.6) is 5.75 Å². The van der Waals surface area contributed by atoms with Gasteiger partial charge < -0.3 is 15.4 Å². The Bertz CT molecular complexity index is 1150. The van der Waals surface area contributed by atoms with E-state index in [2.05, 4.69) is 31.9 Å². The Labute approximate surface area is 200 Å². The minimum Gasteiger partial charge on any atom is -0.493 e. The van der Waals surface area contributed by atoms with E-state index in [1.54, 1.807) is 48.5 Å². The Morgan fingerprint density at radius 3 is 2.19 bits per heavy atom. The Kier molecular flexibility index (Phi) is 7.97. The van der Waals surface area contributed by atoms with Gasteiger partial charge in [0.2, 0.25) is 0 Å². The lowest BCUT2D eigenvalue weighted by Gasteiger charge is -2.12. The number of nitrogens with one attached hydrogen (secondary N) is 3. The summed E-state index contributed by atoms with van der Waals surface area (Å²) >= 11 is 8.64.